The predicted molar refractivity (Wildman–Crippen MR) is 77.8 cm³/mol. The number of piperidine rings is 1. The average Bonchev–Trinajstić information content (AvgIpc) is 3.01. The summed E-state index contributed by atoms with van der Waals surface area (Å²) in [7, 11) is 0. The van der Waals surface area contributed by atoms with E-state index in [1.807, 2.05) is 6.92 Å². The first-order valence-corrected chi connectivity index (χ1v) is 7.20. The van der Waals surface area contributed by atoms with Gasteiger partial charge < -0.3 is 10.1 Å². The maximum absolute atomic E-state index is 5.56. The maximum atomic E-state index is 5.56. The van der Waals surface area contributed by atoms with Crippen molar-refractivity contribution in [3.63, 3.8) is 0 Å². The minimum Gasteiger partial charge on any atom is -0.494 e. The van der Waals surface area contributed by atoms with Crippen LogP contribution in [0, 0.1) is 5.92 Å². The van der Waals surface area contributed by atoms with E-state index in [9.17, 15) is 0 Å². The van der Waals surface area contributed by atoms with Crippen LogP contribution in [0.1, 0.15) is 18.9 Å². The standard InChI is InChI=1S/C17H19NO/c1-2-19-16-6-4-12-7-14(5-3-13(12)8-16)17-9-15(17)10-18-11-17/h3-8,15,18H,2,9-11H2,1H3. The van der Waals surface area contributed by atoms with Crippen molar-refractivity contribution in [1.29, 1.82) is 0 Å². The SMILES string of the molecule is CCOc1ccc2cc(C34CNCC3C4)ccc2c1. The third kappa shape index (κ3) is 1.67. The van der Waals surface area contributed by atoms with Crippen molar-refractivity contribution >= 4 is 10.8 Å². The van der Waals surface area contributed by atoms with E-state index in [2.05, 4.69) is 41.7 Å². The second-order valence-corrected chi connectivity index (χ2v) is 5.84. The number of benzene rings is 2. The Kier molecular flexibility index (Phi) is 2.36. The second-order valence-electron chi connectivity index (χ2n) is 5.84. The smallest absolute Gasteiger partial charge is 0.119 e. The van der Waals surface area contributed by atoms with Gasteiger partial charge in [0.2, 0.25) is 0 Å². The van der Waals surface area contributed by atoms with Crippen LogP contribution in [-0.4, -0.2) is 19.7 Å². The topological polar surface area (TPSA) is 21.3 Å². The third-order valence-electron chi connectivity index (χ3n) is 4.76. The molecular weight excluding hydrogens is 234 g/mol. The van der Waals surface area contributed by atoms with Gasteiger partial charge in [-0.05, 0) is 54.3 Å². The first kappa shape index (κ1) is 11.3. The van der Waals surface area contributed by atoms with Crippen molar-refractivity contribution in [2.45, 2.75) is 18.8 Å². The molecule has 2 nitrogen and oxygen atoms in total. The van der Waals surface area contributed by atoms with Gasteiger partial charge in [0.25, 0.3) is 0 Å². The Hall–Kier alpha value is -1.54. The molecule has 0 spiro atoms. The zero-order valence-electron chi connectivity index (χ0n) is 11.3. The third-order valence-corrected chi connectivity index (χ3v) is 4.76. The Morgan fingerprint density at radius 1 is 1.21 bits per heavy atom. The fourth-order valence-electron chi connectivity index (χ4n) is 3.58. The molecule has 1 heterocycles. The number of hydrogen-bond donors (Lipinski definition) is 1. The lowest BCUT2D eigenvalue weighted by molar-refractivity contribution is 0.341. The summed E-state index contributed by atoms with van der Waals surface area (Å²) < 4.78 is 5.56. The molecule has 19 heavy (non-hydrogen) atoms. The summed E-state index contributed by atoms with van der Waals surface area (Å²) in [5.41, 5.74) is 1.96. The van der Waals surface area contributed by atoms with Gasteiger partial charge in [-0.15, -0.1) is 0 Å². The van der Waals surface area contributed by atoms with E-state index in [-0.39, 0.29) is 0 Å². The van der Waals surface area contributed by atoms with E-state index in [4.69, 9.17) is 4.74 Å². The van der Waals surface area contributed by atoms with Gasteiger partial charge in [0.05, 0.1) is 6.61 Å². The number of ether oxygens (including phenoxy) is 1. The Bertz CT molecular complexity index is 636. The quantitative estimate of drug-likeness (QED) is 0.907. The van der Waals surface area contributed by atoms with Crippen molar-refractivity contribution in [1.82, 2.24) is 5.32 Å². The molecule has 2 unspecified atom stereocenters. The molecule has 1 N–H and O–H groups in total. The highest BCUT2D eigenvalue weighted by Crippen LogP contribution is 2.56. The molecule has 0 amide bonds. The Balaban J connectivity index is 1.74. The van der Waals surface area contributed by atoms with Gasteiger partial charge in [-0.2, -0.15) is 0 Å². The van der Waals surface area contributed by atoms with Gasteiger partial charge in [0, 0.05) is 12.0 Å². The minimum absolute atomic E-state index is 0.451. The fraction of sp³-hybridized carbons (Fsp3) is 0.412. The summed E-state index contributed by atoms with van der Waals surface area (Å²) in [5.74, 6) is 1.83. The van der Waals surface area contributed by atoms with Crippen LogP contribution in [0.3, 0.4) is 0 Å². The van der Waals surface area contributed by atoms with Crippen LogP contribution in [0.2, 0.25) is 0 Å². The summed E-state index contributed by atoms with van der Waals surface area (Å²) in [5, 5.41) is 6.11. The fourth-order valence-corrected chi connectivity index (χ4v) is 3.58. The van der Waals surface area contributed by atoms with Gasteiger partial charge in [0.15, 0.2) is 0 Å². The molecule has 0 aromatic heterocycles. The second kappa shape index (κ2) is 3.97. The summed E-state index contributed by atoms with van der Waals surface area (Å²) in [6, 6.07) is 13.3. The van der Waals surface area contributed by atoms with Crippen LogP contribution in [-0.2, 0) is 5.41 Å². The van der Waals surface area contributed by atoms with Crippen molar-refractivity contribution in [3.8, 4) is 5.75 Å². The highest BCUT2D eigenvalue weighted by atomic mass is 16.5. The first-order chi connectivity index (χ1) is 9.32. The molecule has 2 aromatic carbocycles. The molecular formula is C17H19NO. The molecule has 2 aromatic rings. The van der Waals surface area contributed by atoms with Crippen LogP contribution >= 0.6 is 0 Å². The first-order valence-electron chi connectivity index (χ1n) is 7.20. The molecule has 2 aliphatic rings. The van der Waals surface area contributed by atoms with Crippen molar-refractivity contribution in [3.05, 3.63) is 42.0 Å². The number of nitrogens with one attached hydrogen (secondary N) is 1. The zero-order valence-corrected chi connectivity index (χ0v) is 11.3. The molecule has 1 aliphatic heterocycles. The van der Waals surface area contributed by atoms with Crippen molar-refractivity contribution in [2.24, 2.45) is 5.92 Å². The monoisotopic (exact) mass is 253 g/mol. The lowest BCUT2D eigenvalue weighted by Crippen LogP contribution is -2.19. The van der Waals surface area contributed by atoms with Crippen LogP contribution in [0.15, 0.2) is 36.4 Å². The molecule has 0 radical (unpaired) electrons. The van der Waals surface area contributed by atoms with E-state index in [1.165, 1.54) is 29.3 Å². The summed E-state index contributed by atoms with van der Waals surface area (Å²) in [6.07, 6.45) is 1.36. The maximum Gasteiger partial charge on any atom is 0.119 e. The largest absolute Gasteiger partial charge is 0.494 e. The van der Waals surface area contributed by atoms with E-state index in [1.54, 1.807) is 0 Å². The average molecular weight is 253 g/mol. The highest BCUT2D eigenvalue weighted by molar-refractivity contribution is 5.85. The van der Waals surface area contributed by atoms with Gasteiger partial charge in [-0.3, -0.25) is 0 Å². The molecule has 0 bridgehead atoms. The van der Waals surface area contributed by atoms with Crippen LogP contribution < -0.4 is 10.1 Å². The molecule has 1 saturated carbocycles. The predicted octanol–water partition coefficient (Wildman–Crippen LogP) is 3.10. The van der Waals surface area contributed by atoms with Crippen LogP contribution in [0.25, 0.3) is 10.8 Å². The van der Waals surface area contributed by atoms with E-state index in [0.717, 1.165) is 24.8 Å². The molecule has 1 saturated heterocycles. The van der Waals surface area contributed by atoms with E-state index >= 15 is 0 Å². The summed E-state index contributed by atoms with van der Waals surface area (Å²) >= 11 is 0. The van der Waals surface area contributed by atoms with Crippen molar-refractivity contribution < 1.29 is 4.74 Å². The molecule has 4 rings (SSSR count). The lowest BCUT2D eigenvalue weighted by atomic mass is 9.93. The summed E-state index contributed by atoms with van der Waals surface area (Å²) in [4.78, 5) is 0. The van der Waals surface area contributed by atoms with Gasteiger partial charge in [-0.1, -0.05) is 24.3 Å². The molecule has 1 aliphatic carbocycles. The Morgan fingerprint density at radius 3 is 2.79 bits per heavy atom. The Morgan fingerprint density at radius 2 is 2.05 bits per heavy atom. The molecule has 2 fully saturated rings. The molecule has 2 atom stereocenters. The Labute approximate surface area is 113 Å². The lowest BCUT2D eigenvalue weighted by Gasteiger charge is -2.13. The van der Waals surface area contributed by atoms with E-state index < -0.39 is 0 Å². The van der Waals surface area contributed by atoms with Gasteiger partial charge in [0.1, 0.15) is 5.75 Å². The zero-order chi connectivity index (χ0) is 12.9. The number of rotatable bonds is 3. The molecule has 98 valence electrons. The van der Waals surface area contributed by atoms with Crippen LogP contribution in [0.4, 0.5) is 0 Å². The summed E-state index contributed by atoms with van der Waals surface area (Å²) in [6.45, 7) is 5.09. The van der Waals surface area contributed by atoms with Gasteiger partial charge in [-0.25, -0.2) is 0 Å². The minimum atomic E-state index is 0.451. The van der Waals surface area contributed by atoms with E-state index in [0.29, 0.717) is 5.41 Å². The number of fused-ring (bicyclic) bond motifs is 2. The van der Waals surface area contributed by atoms with Crippen molar-refractivity contribution in [2.75, 3.05) is 19.7 Å². The number of hydrogen-bond acceptors (Lipinski definition) is 2. The highest BCUT2D eigenvalue weighted by Gasteiger charge is 2.57. The van der Waals surface area contributed by atoms with Crippen LogP contribution in [0.5, 0.6) is 5.75 Å². The normalized spacial score (nSPS) is 28.4. The molecule has 2 heteroatoms. The van der Waals surface area contributed by atoms with Gasteiger partial charge >= 0.3 is 0 Å².